The van der Waals surface area contributed by atoms with Gasteiger partial charge in [-0.2, -0.15) is 0 Å². The Morgan fingerprint density at radius 2 is 1.93 bits per heavy atom. The minimum absolute atomic E-state index is 0.204. The molecule has 3 heterocycles. The Morgan fingerprint density at radius 3 is 2.70 bits per heavy atom. The van der Waals surface area contributed by atoms with Gasteiger partial charge in [-0.3, -0.25) is 9.78 Å². The molecule has 0 aliphatic carbocycles. The summed E-state index contributed by atoms with van der Waals surface area (Å²) in [5.41, 5.74) is 2.75. The number of urea groups is 1. The molecule has 0 aliphatic rings. The van der Waals surface area contributed by atoms with Crippen molar-refractivity contribution in [2.24, 2.45) is 0 Å². The zero-order chi connectivity index (χ0) is 19.4. The lowest BCUT2D eigenvalue weighted by Gasteiger charge is -2.24. The number of rotatable bonds is 5. The van der Waals surface area contributed by atoms with Gasteiger partial charge in [0.1, 0.15) is 5.65 Å². The van der Waals surface area contributed by atoms with Crippen LogP contribution in [0, 0.1) is 6.92 Å². The highest BCUT2D eigenvalue weighted by molar-refractivity contribution is 5.75. The number of aromatic amines is 1. The van der Waals surface area contributed by atoms with Gasteiger partial charge in [0, 0.05) is 35.3 Å². The predicted molar refractivity (Wildman–Crippen MR) is 105 cm³/mol. The number of nitrogens with zero attached hydrogens (tertiary/aromatic N) is 2. The maximum absolute atomic E-state index is 12.2. The maximum atomic E-state index is 12.2. The molecule has 0 saturated carbocycles. The summed E-state index contributed by atoms with van der Waals surface area (Å²) in [6.07, 6.45) is 1.78. The first-order valence-electron chi connectivity index (χ1n) is 8.77. The Kier molecular flexibility index (Phi) is 5.21. The highest BCUT2D eigenvalue weighted by atomic mass is 16.2. The number of carbonyl (C=O) groups excluding carboxylic acids is 1. The molecule has 3 N–H and O–H groups in total. The van der Waals surface area contributed by atoms with E-state index in [1.54, 1.807) is 12.3 Å². The predicted octanol–water partition coefficient (Wildman–Crippen LogP) is 2.40. The van der Waals surface area contributed by atoms with Gasteiger partial charge in [0.05, 0.1) is 12.2 Å². The zero-order valence-electron chi connectivity index (χ0n) is 15.7. The van der Waals surface area contributed by atoms with Gasteiger partial charge in [-0.05, 0) is 42.8 Å². The van der Waals surface area contributed by atoms with E-state index < -0.39 is 0 Å². The second-order valence-corrected chi connectivity index (χ2v) is 7.20. The van der Waals surface area contributed by atoms with E-state index in [-0.39, 0.29) is 23.6 Å². The van der Waals surface area contributed by atoms with Crippen LogP contribution >= 0.6 is 0 Å². The normalized spacial score (nSPS) is 11.4. The van der Waals surface area contributed by atoms with Crippen LogP contribution in [0.25, 0.3) is 11.0 Å². The highest BCUT2D eigenvalue weighted by Crippen LogP contribution is 2.20. The van der Waals surface area contributed by atoms with Crippen molar-refractivity contribution in [3.63, 3.8) is 0 Å². The Bertz CT molecular complexity index is 1030. The van der Waals surface area contributed by atoms with Crippen molar-refractivity contribution in [2.75, 3.05) is 6.54 Å². The van der Waals surface area contributed by atoms with Gasteiger partial charge in [-0.1, -0.05) is 13.8 Å². The first kappa shape index (κ1) is 18.6. The fourth-order valence-corrected chi connectivity index (χ4v) is 2.70. The molecule has 0 unspecified atom stereocenters. The van der Waals surface area contributed by atoms with Gasteiger partial charge in [-0.15, -0.1) is 0 Å². The van der Waals surface area contributed by atoms with Gasteiger partial charge in [0.15, 0.2) is 0 Å². The lowest BCUT2D eigenvalue weighted by Crippen LogP contribution is -2.42. The number of pyridine rings is 3. The molecule has 0 saturated heterocycles. The van der Waals surface area contributed by atoms with E-state index in [2.05, 4.69) is 25.6 Å². The van der Waals surface area contributed by atoms with Crippen molar-refractivity contribution < 1.29 is 4.79 Å². The summed E-state index contributed by atoms with van der Waals surface area (Å²) in [7, 11) is 0. The molecule has 3 aromatic heterocycles. The molecule has 0 fully saturated rings. The van der Waals surface area contributed by atoms with Gasteiger partial charge in [-0.25, -0.2) is 9.78 Å². The number of hydrogen-bond donors (Lipinski definition) is 3. The minimum Gasteiger partial charge on any atom is -0.337 e. The van der Waals surface area contributed by atoms with E-state index in [1.165, 1.54) is 6.07 Å². The van der Waals surface area contributed by atoms with Gasteiger partial charge in [0.25, 0.3) is 0 Å². The van der Waals surface area contributed by atoms with E-state index in [0.717, 1.165) is 16.6 Å². The number of aromatic nitrogens is 3. The number of carbonyl (C=O) groups is 1. The molecule has 0 spiro atoms. The largest absolute Gasteiger partial charge is 0.337 e. The zero-order valence-corrected chi connectivity index (χ0v) is 15.7. The quantitative estimate of drug-likeness (QED) is 0.646. The van der Waals surface area contributed by atoms with Gasteiger partial charge < -0.3 is 15.6 Å². The van der Waals surface area contributed by atoms with E-state index in [0.29, 0.717) is 17.9 Å². The number of hydrogen-bond acceptors (Lipinski definition) is 4. The highest BCUT2D eigenvalue weighted by Gasteiger charge is 2.23. The molecular weight excluding hydrogens is 342 g/mol. The van der Waals surface area contributed by atoms with E-state index in [1.807, 2.05) is 45.0 Å². The van der Waals surface area contributed by atoms with Crippen molar-refractivity contribution >= 4 is 17.1 Å². The van der Waals surface area contributed by atoms with E-state index in [4.69, 9.17) is 0 Å². The van der Waals surface area contributed by atoms with Crippen LogP contribution in [0.3, 0.4) is 0 Å². The Morgan fingerprint density at radius 1 is 1.15 bits per heavy atom. The van der Waals surface area contributed by atoms with E-state index >= 15 is 0 Å². The number of H-pyrrole nitrogens is 1. The van der Waals surface area contributed by atoms with Crippen LogP contribution in [0.2, 0.25) is 0 Å². The van der Waals surface area contributed by atoms with Gasteiger partial charge >= 0.3 is 6.03 Å². The molecule has 2 amide bonds. The lowest BCUT2D eigenvalue weighted by atomic mass is 9.88. The monoisotopic (exact) mass is 365 g/mol. The molecule has 7 heteroatoms. The summed E-state index contributed by atoms with van der Waals surface area (Å²) in [6, 6.07) is 10.6. The van der Waals surface area contributed by atoms with Crippen molar-refractivity contribution in [1.29, 1.82) is 0 Å². The second kappa shape index (κ2) is 7.57. The first-order chi connectivity index (χ1) is 12.8. The summed E-state index contributed by atoms with van der Waals surface area (Å²) >= 11 is 0. The van der Waals surface area contributed by atoms with Crippen molar-refractivity contribution in [3.8, 4) is 0 Å². The number of nitrogens with one attached hydrogen (secondary N) is 3. The van der Waals surface area contributed by atoms with E-state index in [9.17, 15) is 9.59 Å². The van der Waals surface area contributed by atoms with Crippen LogP contribution in [0.4, 0.5) is 4.79 Å². The SMILES string of the molecule is Cc1ccnc(C(C)(C)CNC(=O)NCc2ccc3ccc(=O)[nH]c3n2)c1. The van der Waals surface area contributed by atoms with Crippen molar-refractivity contribution in [1.82, 2.24) is 25.6 Å². The van der Waals surface area contributed by atoms with Crippen molar-refractivity contribution in [3.05, 3.63) is 69.9 Å². The molecule has 3 aromatic rings. The van der Waals surface area contributed by atoms with Crippen LogP contribution in [-0.4, -0.2) is 27.5 Å². The van der Waals surface area contributed by atoms with Crippen LogP contribution in [-0.2, 0) is 12.0 Å². The first-order valence-corrected chi connectivity index (χ1v) is 8.77. The average Bonchev–Trinajstić information content (AvgIpc) is 2.64. The Labute approximate surface area is 157 Å². The number of aryl methyl sites for hydroxylation is 1. The minimum atomic E-state index is -0.288. The van der Waals surface area contributed by atoms with Crippen molar-refractivity contribution in [2.45, 2.75) is 32.7 Å². The smallest absolute Gasteiger partial charge is 0.315 e. The number of fused-ring (bicyclic) bond motifs is 1. The second-order valence-electron chi connectivity index (χ2n) is 7.20. The molecule has 27 heavy (non-hydrogen) atoms. The standard InChI is InChI=1S/C20H23N5O2/c1-13-8-9-21-16(10-13)20(2,3)12-23-19(27)22-11-15-6-4-14-5-7-17(26)25-18(14)24-15/h4-10H,11-12H2,1-3H3,(H2,22,23,27)(H,24,25,26). The third kappa shape index (κ3) is 4.69. The average molecular weight is 365 g/mol. The molecule has 0 radical (unpaired) electrons. The molecule has 7 nitrogen and oxygen atoms in total. The molecule has 0 aliphatic heterocycles. The topological polar surface area (TPSA) is 99.8 Å². The van der Waals surface area contributed by atoms with Crippen LogP contribution in [0.1, 0.15) is 30.8 Å². The summed E-state index contributed by atoms with van der Waals surface area (Å²) in [5, 5.41) is 6.51. The molecular formula is C20H23N5O2. The third-order valence-electron chi connectivity index (χ3n) is 4.37. The van der Waals surface area contributed by atoms with Crippen LogP contribution in [0.15, 0.2) is 47.4 Å². The summed E-state index contributed by atoms with van der Waals surface area (Å²) in [4.78, 5) is 35.0. The number of amides is 2. The molecule has 0 bridgehead atoms. The van der Waals surface area contributed by atoms with Crippen LogP contribution in [0.5, 0.6) is 0 Å². The van der Waals surface area contributed by atoms with Gasteiger partial charge in [0.2, 0.25) is 5.56 Å². The van der Waals surface area contributed by atoms with Crippen LogP contribution < -0.4 is 16.2 Å². The molecule has 0 aromatic carbocycles. The summed E-state index contributed by atoms with van der Waals surface area (Å²) in [5.74, 6) is 0. The Balaban J connectivity index is 1.57. The Hall–Kier alpha value is -3.22. The third-order valence-corrected chi connectivity index (χ3v) is 4.37. The molecule has 0 atom stereocenters. The molecule has 3 rings (SSSR count). The lowest BCUT2D eigenvalue weighted by molar-refractivity contribution is 0.237. The summed E-state index contributed by atoms with van der Waals surface area (Å²) < 4.78 is 0. The fraction of sp³-hybridized carbons (Fsp3) is 0.300. The summed E-state index contributed by atoms with van der Waals surface area (Å²) in [6.45, 7) is 6.81. The maximum Gasteiger partial charge on any atom is 0.315 e. The fourth-order valence-electron chi connectivity index (χ4n) is 2.70. The molecule has 140 valence electrons.